The van der Waals surface area contributed by atoms with Crippen molar-refractivity contribution in [2.75, 3.05) is 0 Å². The van der Waals surface area contributed by atoms with E-state index in [9.17, 15) is 5.11 Å². The second-order valence-corrected chi connectivity index (χ2v) is 7.30. The van der Waals surface area contributed by atoms with E-state index in [-0.39, 0.29) is 11.8 Å². The lowest BCUT2D eigenvalue weighted by Crippen LogP contribution is -2.70. The SMILES string of the molecule is C[C@@H]1[C@H](O)O[C@H]2O[C@@]3(C)CC[C@H]4[C@H](C)CC[C@H]1[C@@]24OO3. The second kappa shape index (κ2) is 4.17. The maximum Gasteiger partial charge on any atom is 0.201 e. The Labute approximate surface area is 119 Å². The Morgan fingerprint density at radius 1 is 1.05 bits per heavy atom. The zero-order chi connectivity index (χ0) is 14.1. The smallest absolute Gasteiger partial charge is 0.201 e. The Balaban J connectivity index is 1.82. The number of hydrogen-bond acceptors (Lipinski definition) is 5. The zero-order valence-electron chi connectivity index (χ0n) is 12.4. The Bertz CT molecular complexity index is 411. The summed E-state index contributed by atoms with van der Waals surface area (Å²) in [4.78, 5) is 11.6. The molecule has 0 aromatic carbocycles. The van der Waals surface area contributed by atoms with E-state index in [1.807, 2.05) is 13.8 Å². The van der Waals surface area contributed by atoms with Gasteiger partial charge in [0.1, 0.15) is 0 Å². The van der Waals surface area contributed by atoms with Crippen LogP contribution >= 0.6 is 0 Å². The van der Waals surface area contributed by atoms with Crippen molar-refractivity contribution < 1.29 is 24.4 Å². The molecule has 0 unspecified atom stereocenters. The van der Waals surface area contributed by atoms with E-state index >= 15 is 0 Å². The van der Waals surface area contributed by atoms with Gasteiger partial charge in [-0.3, -0.25) is 0 Å². The highest BCUT2D eigenvalue weighted by Crippen LogP contribution is 2.60. The van der Waals surface area contributed by atoms with Gasteiger partial charge in [-0.05, 0) is 38.0 Å². The van der Waals surface area contributed by atoms with Gasteiger partial charge in [-0.1, -0.05) is 13.8 Å². The fraction of sp³-hybridized carbons (Fsp3) is 1.00. The van der Waals surface area contributed by atoms with E-state index < -0.39 is 24.0 Å². The van der Waals surface area contributed by atoms with Crippen LogP contribution in [0.2, 0.25) is 0 Å². The molecular weight excluding hydrogens is 260 g/mol. The van der Waals surface area contributed by atoms with E-state index in [1.165, 1.54) is 6.42 Å². The van der Waals surface area contributed by atoms with Gasteiger partial charge in [-0.2, -0.15) is 0 Å². The van der Waals surface area contributed by atoms with Gasteiger partial charge in [0, 0.05) is 18.3 Å². The van der Waals surface area contributed by atoms with Gasteiger partial charge in [0.2, 0.25) is 5.79 Å². The predicted molar refractivity (Wildman–Crippen MR) is 69.0 cm³/mol. The van der Waals surface area contributed by atoms with Crippen LogP contribution in [-0.2, 0) is 19.2 Å². The summed E-state index contributed by atoms with van der Waals surface area (Å²) in [5, 5.41) is 10.2. The molecule has 1 spiro atoms. The van der Waals surface area contributed by atoms with Crippen LogP contribution < -0.4 is 0 Å². The van der Waals surface area contributed by atoms with Crippen LogP contribution in [0, 0.1) is 23.7 Å². The van der Waals surface area contributed by atoms with E-state index in [0.717, 1.165) is 19.3 Å². The summed E-state index contributed by atoms with van der Waals surface area (Å²) in [6.45, 7) is 6.22. The third-order valence-corrected chi connectivity index (χ3v) is 6.12. The molecule has 1 aliphatic carbocycles. The molecular formula is C15H24O5. The van der Waals surface area contributed by atoms with Gasteiger partial charge in [-0.15, -0.1) is 0 Å². The van der Waals surface area contributed by atoms with Gasteiger partial charge in [0.15, 0.2) is 18.2 Å². The molecule has 5 rings (SSSR count). The van der Waals surface area contributed by atoms with Gasteiger partial charge < -0.3 is 14.6 Å². The summed E-state index contributed by atoms with van der Waals surface area (Å²) in [6, 6.07) is 0. The van der Waals surface area contributed by atoms with Crippen molar-refractivity contribution in [2.24, 2.45) is 23.7 Å². The molecule has 20 heavy (non-hydrogen) atoms. The zero-order valence-corrected chi connectivity index (χ0v) is 12.4. The molecule has 0 radical (unpaired) electrons. The molecule has 4 saturated heterocycles. The Morgan fingerprint density at radius 2 is 1.85 bits per heavy atom. The molecule has 5 heteroatoms. The topological polar surface area (TPSA) is 57.2 Å². The van der Waals surface area contributed by atoms with Crippen molar-refractivity contribution in [3.05, 3.63) is 0 Å². The van der Waals surface area contributed by atoms with E-state index in [2.05, 4.69) is 6.92 Å². The lowest BCUT2D eigenvalue weighted by atomic mass is 9.58. The number of ether oxygens (including phenoxy) is 2. The molecule has 1 N–H and O–H groups in total. The third-order valence-electron chi connectivity index (χ3n) is 6.12. The summed E-state index contributed by atoms with van der Waals surface area (Å²) < 4.78 is 11.9. The lowest BCUT2D eigenvalue weighted by molar-refractivity contribution is -0.576. The van der Waals surface area contributed by atoms with Crippen LogP contribution in [0.25, 0.3) is 0 Å². The van der Waals surface area contributed by atoms with Crippen LogP contribution in [0.3, 0.4) is 0 Å². The Hall–Kier alpha value is -0.200. The average Bonchev–Trinajstić information content (AvgIpc) is 2.63. The Kier molecular flexibility index (Phi) is 2.81. The molecule has 0 aromatic rings. The molecule has 114 valence electrons. The number of aliphatic hydroxyl groups is 1. The first-order valence-corrected chi connectivity index (χ1v) is 7.84. The third kappa shape index (κ3) is 1.56. The highest BCUT2D eigenvalue weighted by atomic mass is 17.3. The average molecular weight is 284 g/mol. The quantitative estimate of drug-likeness (QED) is 0.691. The molecule has 5 aliphatic rings. The first-order chi connectivity index (χ1) is 9.46. The Morgan fingerprint density at radius 3 is 2.65 bits per heavy atom. The van der Waals surface area contributed by atoms with Crippen LogP contribution in [-0.4, -0.2) is 29.1 Å². The molecule has 0 aromatic heterocycles. The van der Waals surface area contributed by atoms with Crippen LogP contribution in [0.1, 0.15) is 46.5 Å². The van der Waals surface area contributed by atoms with Crippen molar-refractivity contribution in [1.82, 2.24) is 0 Å². The summed E-state index contributed by atoms with van der Waals surface area (Å²) in [6.07, 6.45) is 2.72. The van der Waals surface area contributed by atoms with E-state index in [0.29, 0.717) is 11.8 Å². The van der Waals surface area contributed by atoms with E-state index in [1.54, 1.807) is 0 Å². The van der Waals surface area contributed by atoms with Gasteiger partial charge in [0.05, 0.1) is 0 Å². The molecule has 4 aliphatic heterocycles. The summed E-state index contributed by atoms with van der Waals surface area (Å²) in [5.41, 5.74) is -0.549. The number of aliphatic hydroxyl groups excluding tert-OH is 1. The highest BCUT2D eigenvalue weighted by molar-refractivity contribution is 5.08. The van der Waals surface area contributed by atoms with Crippen LogP contribution in [0.4, 0.5) is 0 Å². The van der Waals surface area contributed by atoms with Crippen molar-refractivity contribution in [2.45, 2.75) is 70.4 Å². The van der Waals surface area contributed by atoms with Crippen molar-refractivity contribution in [3.8, 4) is 0 Å². The molecule has 8 atom stereocenters. The molecule has 5 fully saturated rings. The minimum atomic E-state index is -0.781. The van der Waals surface area contributed by atoms with E-state index in [4.69, 9.17) is 19.2 Å². The molecule has 2 bridgehead atoms. The molecule has 0 amide bonds. The maximum atomic E-state index is 10.2. The largest absolute Gasteiger partial charge is 0.368 e. The van der Waals surface area contributed by atoms with Gasteiger partial charge in [-0.25, -0.2) is 9.78 Å². The molecule has 5 nitrogen and oxygen atoms in total. The maximum absolute atomic E-state index is 10.2. The normalized spacial score (nSPS) is 61.8. The van der Waals surface area contributed by atoms with Gasteiger partial charge >= 0.3 is 0 Å². The number of hydrogen-bond donors (Lipinski definition) is 1. The number of rotatable bonds is 0. The van der Waals surface area contributed by atoms with Crippen molar-refractivity contribution in [3.63, 3.8) is 0 Å². The first-order valence-electron chi connectivity index (χ1n) is 7.84. The minimum Gasteiger partial charge on any atom is -0.368 e. The van der Waals surface area contributed by atoms with Crippen molar-refractivity contribution >= 4 is 0 Å². The van der Waals surface area contributed by atoms with Crippen molar-refractivity contribution in [1.29, 1.82) is 0 Å². The molecule has 1 saturated carbocycles. The monoisotopic (exact) mass is 284 g/mol. The summed E-state index contributed by atoms with van der Waals surface area (Å²) >= 11 is 0. The summed E-state index contributed by atoms with van der Waals surface area (Å²) in [5.74, 6) is 0.437. The fourth-order valence-electron chi connectivity index (χ4n) is 4.89. The number of fused-ring (bicyclic) bond motifs is 2. The molecule has 4 heterocycles. The predicted octanol–water partition coefficient (Wildman–Crippen LogP) is 2.19. The summed E-state index contributed by atoms with van der Waals surface area (Å²) in [7, 11) is 0. The second-order valence-electron chi connectivity index (χ2n) is 7.30. The van der Waals surface area contributed by atoms with Crippen LogP contribution in [0.15, 0.2) is 0 Å². The van der Waals surface area contributed by atoms with Crippen LogP contribution in [0.5, 0.6) is 0 Å². The standard InChI is InChI=1S/C15H24O5/c1-8-4-5-11-9(2)12(16)17-13-15(11)10(8)6-7-14(3,18-13)19-20-15/h8-13,16H,4-7H2,1-3H3/t8-,9+,10+,11-,12-,13+,14-,15-/m1/s1. The highest BCUT2D eigenvalue weighted by Gasteiger charge is 2.69. The fourth-order valence-corrected chi connectivity index (χ4v) is 4.89. The first kappa shape index (κ1) is 13.5. The lowest BCUT2D eigenvalue weighted by Gasteiger charge is -2.59. The van der Waals surface area contributed by atoms with Gasteiger partial charge in [0.25, 0.3) is 0 Å². The minimum absolute atomic E-state index is 0.0379.